The van der Waals surface area contributed by atoms with E-state index in [9.17, 15) is 9.59 Å². The van der Waals surface area contributed by atoms with Crippen LogP contribution in [0.3, 0.4) is 0 Å². The van der Waals surface area contributed by atoms with Gasteiger partial charge in [-0.25, -0.2) is 9.59 Å². The number of carbonyl (C=O) groups is 2. The highest BCUT2D eigenvalue weighted by Gasteiger charge is 2.19. The van der Waals surface area contributed by atoms with E-state index >= 15 is 0 Å². The number of benzene rings is 1. The van der Waals surface area contributed by atoms with Crippen molar-refractivity contribution in [2.45, 2.75) is 32.9 Å². The first-order chi connectivity index (χ1) is 12.2. The van der Waals surface area contributed by atoms with Crippen molar-refractivity contribution < 1.29 is 23.8 Å². The van der Waals surface area contributed by atoms with Crippen LogP contribution in [0.1, 0.15) is 26.3 Å². The van der Waals surface area contributed by atoms with Crippen molar-refractivity contribution in [2.75, 3.05) is 34.4 Å². The molecule has 8 heteroatoms. The SMILES string of the molecule is COc1ccc(CNC(=O)NCCN(C)C(=O)OC(C)(C)C)cc1OC. The van der Waals surface area contributed by atoms with Gasteiger partial charge in [-0.15, -0.1) is 0 Å². The number of hydrogen-bond donors (Lipinski definition) is 2. The molecule has 0 saturated heterocycles. The van der Waals surface area contributed by atoms with Gasteiger partial charge in [-0.1, -0.05) is 6.07 Å². The van der Waals surface area contributed by atoms with E-state index in [1.165, 1.54) is 4.90 Å². The van der Waals surface area contributed by atoms with Crippen molar-refractivity contribution in [3.05, 3.63) is 23.8 Å². The molecule has 0 aliphatic rings. The predicted octanol–water partition coefficient (Wildman–Crippen LogP) is 2.37. The van der Waals surface area contributed by atoms with Crippen molar-refractivity contribution >= 4 is 12.1 Å². The molecule has 0 aliphatic carbocycles. The summed E-state index contributed by atoms with van der Waals surface area (Å²) in [4.78, 5) is 25.1. The second kappa shape index (κ2) is 9.74. The van der Waals surface area contributed by atoms with Crippen LogP contribution >= 0.6 is 0 Å². The van der Waals surface area contributed by atoms with Crippen LogP contribution < -0.4 is 20.1 Å². The van der Waals surface area contributed by atoms with Crippen LogP contribution in [0.15, 0.2) is 18.2 Å². The van der Waals surface area contributed by atoms with Crippen LogP contribution in [-0.2, 0) is 11.3 Å². The molecule has 8 nitrogen and oxygen atoms in total. The number of nitrogens with zero attached hydrogens (tertiary/aromatic N) is 1. The molecule has 0 radical (unpaired) electrons. The van der Waals surface area contributed by atoms with Gasteiger partial charge in [-0.3, -0.25) is 0 Å². The molecule has 0 unspecified atom stereocenters. The minimum absolute atomic E-state index is 0.313. The normalized spacial score (nSPS) is 10.7. The van der Waals surface area contributed by atoms with E-state index in [4.69, 9.17) is 14.2 Å². The molecule has 1 aromatic rings. The van der Waals surface area contributed by atoms with Gasteiger partial charge in [-0.05, 0) is 38.5 Å². The molecule has 3 amide bonds. The number of ether oxygens (including phenoxy) is 3. The summed E-state index contributed by atoms with van der Waals surface area (Å²) in [6, 6.07) is 5.11. The fourth-order valence-corrected chi connectivity index (χ4v) is 2.00. The Hall–Kier alpha value is -2.64. The first kappa shape index (κ1) is 21.4. The maximum atomic E-state index is 11.9. The van der Waals surface area contributed by atoms with Crippen molar-refractivity contribution in [3.8, 4) is 11.5 Å². The lowest BCUT2D eigenvalue weighted by Gasteiger charge is -2.24. The summed E-state index contributed by atoms with van der Waals surface area (Å²) in [7, 11) is 4.75. The molecule has 0 aromatic heterocycles. The minimum atomic E-state index is -0.546. The molecule has 2 N–H and O–H groups in total. The molecule has 0 saturated carbocycles. The number of urea groups is 1. The first-order valence-corrected chi connectivity index (χ1v) is 8.33. The number of methoxy groups -OCH3 is 2. The van der Waals surface area contributed by atoms with Crippen LogP contribution in [0.25, 0.3) is 0 Å². The van der Waals surface area contributed by atoms with E-state index in [1.54, 1.807) is 54.2 Å². The van der Waals surface area contributed by atoms with Gasteiger partial charge < -0.3 is 29.7 Å². The predicted molar refractivity (Wildman–Crippen MR) is 98.6 cm³/mol. The van der Waals surface area contributed by atoms with E-state index < -0.39 is 11.7 Å². The Balaban J connectivity index is 2.36. The third-order valence-corrected chi connectivity index (χ3v) is 3.34. The monoisotopic (exact) mass is 367 g/mol. The highest BCUT2D eigenvalue weighted by molar-refractivity contribution is 5.74. The third-order valence-electron chi connectivity index (χ3n) is 3.34. The molecule has 1 aromatic carbocycles. The summed E-state index contributed by atoms with van der Waals surface area (Å²) in [5.74, 6) is 1.23. The highest BCUT2D eigenvalue weighted by Crippen LogP contribution is 2.27. The standard InChI is InChI=1S/C18H29N3O5/c1-18(2,3)26-17(23)21(4)10-9-19-16(22)20-12-13-7-8-14(24-5)15(11-13)25-6/h7-8,11H,9-10,12H2,1-6H3,(H2,19,20,22). The topological polar surface area (TPSA) is 89.1 Å². The molecule has 1 rings (SSSR count). The zero-order valence-electron chi connectivity index (χ0n) is 16.3. The number of likely N-dealkylation sites (N-methyl/N-ethyl adjacent to an activating group) is 1. The van der Waals surface area contributed by atoms with E-state index in [0.717, 1.165) is 5.56 Å². The number of nitrogens with one attached hydrogen (secondary N) is 2. The third kappa shape index (κ3) is 7.50. The lowest BCUT2D eigenvalue weighted by Crippen LogP contribution is -2.42. The maximum absolute atomic E-state index is 11.9. The Morgan fingerprint density at radius 2 is 1.73 bits per heavy atom. The average Bonchev–Trinajstić information content (AvgIpc) is 2.57. The smallest absolute Gasteiger partial charge is 0.410 e. The van der Waals surface area contributed by atoms with Gasteiger partial charge in [0.05, 0.1) is 14.2 Å². The summed E-state index contributed by atoms with van der Waals surface area (Å²) >= 11 is 0. The van der Waals surface area contributed by atoms with Crippen LogP contribution in [0.4, 0.5) is 9.59 Å². The fourth-order valence-electron chi connectivity index (χ4n) is 2.00. The van der Waals surface area contributed by atoms with Crippen LogP contribution in [0, 0.1) is 0 Å². The van der Waals surface area contributed by atoms with Crippen LogP contribution in [0.2, 0.25) is 0 Å². The van der Waals surface area contributed by atoms with Gasteiger partial charge in [0.25, 0.3) is 0 Å². The zero-order chi connectivity index (χ0) is 19.7. The average molecular weight is 367 g/mol. The number of rotatable bonds is 7. The number of carbonyl (C=O) groups excluding carboxylic acids is 2. The molecular formula is C18H29N3O5. The van der Waals surface area contributed by atoms with Gasteiger partial charge in [0.2, 0.25) is 0 Å². The zero-order valence-corrected chi connectivity index (χ0v) is 16.3. The summed E-state index contributed by atoms with van der Waals surface area (Å²) in [5.41, 5.74) is 0.332. The first-order valence-electron chi connectivity index (χ1n) is 8.33. The van der Waals surface area contributed by atoms with Crippen LogP contribution in [0.5, 0.6) is 11.5 Å². The second-order valence-electron chi connectivity index (χ2n) is 6.70. The molecule has 146 valence electrons. The lowest BCUT2D eigenvalue weighted by atomic mass is 10.2. The van der Waals surface area contributed by atoms with Crippen molar-refractivity contribution in [2.24, 2.45) is 0 Å². The van der Waals surface area contributed by atoms with Gasteiger partial charge in [-0.2, -0.15) is 0 Å². The van der Waals surface area contributed by atoms with Crippen molar-refractivity contribution in [1.29, 1.82) is 0 Å². The van der Waals surface area contributed by atoms with Crippen molar-refractivity contribution in [3.63, 3.8) is 0 Å². The molecular weight excluding hydrogens is 338 g/mol. The van der Waals surface area contributed by atoms with E-state index in [-0.39, 0.29) is 6.03 Å². The van der Waals surface area contributed by atoms with Crippen LogP contribution in [-0.4, -0.2) is 57.0 Å². The molecule has 0 heterocycles. The Bertz CT molecular complexity index is 613. The Kier molecular flexibility index (Phi) is 8.02. The molecule has 0 spiro atoms. The van der Waals surface area contributed by atoms with E-state index in [2.05, 4.69) is 10.6 Å². The molecule has 0 atom stereocenters. The Morgan fingerprint density at radius 3 is 2.31 bits per heavy atom. The largest absolute Gasteiger partial charge is 0.493 e. The van der Waals surface area contributed by atoms with Gasteiger partial charge in [0.15, 0.2) is 11.5 Å². The van der Waals surface area contributed by atoms with Gasteiger partial charge in [0, 0.05) is 26.7 Å². The molecule has 0 aliphatic heterocycles. The maximum Gasteiger partial charge on any atom is 0.410 e. The minimum Gasteiger partial charge on any atom is -0.493 e. The molecule has 0 fully saturated rings. The fraction of sp³-hybridized carbons (Fsp3) is 0.556. The summed E-state index contributed by atoms with van der Waals surface area (Å²) in [6.45, 7) is 6.41. The quantitative estimate of drug-likeness (QED) is 0.772. The molecule has 0 bridgehead atoms. The van der Waals surface area contributed by atoms with Gasteiger partial charge >= 0.3 is 12.1 Å². The summed E-state index contributed by atoms with van der Waals surface area (Å²) in [6.07, 6.45) is -0.426. The summed E-state index contributed by atoms with van der Waals surface area (Å²) < 4.78 is 15.6. The van der Waals surface area contributed by atoms with Gasteiger partial charge in [0.1, 0.15) is 5.60 Å². The summed E-state index contributed by atoms with van der Waals surface area (Å²) in [5, 5.41) is 5.45. The van der Waals surface area contributed by atoms with E-state index in [1.807, 2.05) is 6.07 Å². The highest BCUT2D eigenvalue weighted by atomic mass is 16.6. The van der Waals surface area contributed by atoms with Crippen molar-refractivity contribution in [1.82, 2.24) is 15.5 Å². The second-order valence-corrected chi connectivity index (χ2v) is 6.70. The van der Waals surface area contributed by atoms with E-state index in [0.29, 0.717) is 31.1 Å². The molecule has 26 heavy (non-hydrogen) atoms. The Labute approximate surface area is 154 Å². The Morgan fingerprint density at radius 1 is 1.08 bits per heavy atom. The lowest BCUT2D eigenvalue weighted by molar-refractivity contribution is 0.0301. The number of amides is 3. The number of hydrogen-bond acceptors (Lipinski definition) is 5.